The van der Waals surface area contributed by atoms with Crippen molar-refractivity contribution < 1.29 is 4.74 Å². The molecular weight excluding hydrogens is 230 g/mol. The molecule has 1 N–H and O–H groups in total. The van der Waals surface area contributed by atoms with Crippen LogP contribution in [-0.4, -0.2) is 26.5 Å². The third kappa shape index (κ3) is 2.91. The topological polar surface area (TPSA) is 72.8 Å². The molecule has 0 fully saturated rings. The smallest absolute Gasteiger partial charge is 0.221 e. The Morgan fingerprint density at radius 3 is 2.83 bits per heavy atom. The van der Waals surface area contributed by atoms with E-state index < -0.39 is 0 Å². The summed E-state index contributed by atoms with van der Waals surface area (Å²) >= 11 is 0. The SMILES string of the molecule is CCOc1ncnc(NCc2ccncn2)c1C. The zero-order chi connectivity index (χ0) is 12.8. The molecule has 0 aliphatic rings. The van der Waals surface area contributed by atoms with Gasteiger partial charge in [-0.1, -0.05) is 0 Å². The van der Waals surface area contributed by atoms with E-state index in [2.05, 4.69) is 25.3 Å². The van der Waals surface area contributed by atoms with Crippen molar-refractivity contribution in [2.75, 3.05) is 11.9 Å². The molecule has 0 atom stereocenters. The van der Waals surface area contributed by atoms with Crippen molar-refractivity contribution in [1.82, 2.24) is 19.9 Å². The molecule has 2 heterocycles. The normalized spacial score (nSPS) is 10.1. The molecule has 0 aliphatic carbocycles. The number of nitrogens with zero attached hydrogens (tertiary/aromatic N) is 4. The minimum absolute atomic E-state index is 0.587. The average Bonchev–Trinajstić information content (AvgIpc) is 2.41. The highest BCUT2D eigenvalue weighted by molar-refractivity contribution is 5.47. The summed E-state index contributed by atoms with van der Waals surface area (Å²) in [6.07, 6.45) is 4.72. The largest absolute Gasteiger partial charge is 0.478 e. The average molecular weight is 245 g/mol. The van der Waals surface area contributed by atoms with Crippen molar-refractivity contribution in [3.63, 3.8) is 0 Å². The van der Waals surface area contributed by atoms with Crippen LogP contribution in [-0.2, 0) is 6.54 Å². The molecule has 2 aromatic heterocycles. The fourth-order valence-corrected chi connectivity index (χ4v) is 1.49. The van der Waals surface area contributed by atoms with E-state index in [1.54, 1.807) is 6.20 Å². The lowest BCUT2D eigenvalue weighted by atomic mass is 10.3. The lowest BCUT2D eigenvalue weighted by molar-refractivity contribution is 0.324. The van der Waals surface area contributed by atoms with E-state index in [4.69, 9.17) is 4.74 Å². The van der Waals surface area contributed by atoms with Gasteiger partial charge in [0, 0.05) is 6.20 Å². The van der Waals surface area contributed by atoms with E-state index in [-0.39, 0.29) is 0 Å². The Bertz CT molecular complexity index is 503. The summed E-state index contributed by atoms with van der Waals surface area (Å²) in [6, 6.07) is 1.85. The lowest BCUT2D eigenvalue weighted by Gasteiger charge is -2.10. The maximum absolute atomic E-state index is 5.41. The van der Waals surface area contributed by atoms with Crippen LogP contribution in [0.1, 0.15) is 18.2 Å². The van der Waals surface area contributed by atoms with Crippen molar-refractivity contribution in [2.45, 2.75) is 20.4 Å². The van der Waals surface area contributed by atoms with E-state index in [1.807, 2.05) is 19.9 Å². The number of aromatic nitrogens is 4. The zero-order valence-corrected chi connectivity index (χ0v) is 10.4. The number of hydrogen-bond donors (Lipinski definition) is 1. The number of ether oxygens (including phenoxy) is 1. The Hall–Kier alpha value is -2.24. The maximum Gasteiger partial charge on any atom is 0.221 e. The van der Waals surface area contributed by atoms with Crippen molar-refractivity contribution in [1.29, 1.82) is 0 Å². The monoisotopic (exact) mass is 245 g/mol. The summed E-state index contributed by atoms with van der Waals surface area (Å²) in [5, 5.41) is 3.21. The van der Waals surface area contributed by atoms with Gasteiger partial charge in [0.2, 0.25) is 5.88 Å². The summed E-state index contributed by atoms with van der Waals surface area (Å²) in [7, 11) is 0. The van der Waals surface area contributed by atoms with Crippen molar-refractivity contribution in [3.8, 4) is 5.88 Å². The van der Waals surface area contributed by atoms with Gasteiger partial charge in [0.25, 0.3) is 0 Å². The second-order valence-electron chi connectivity index (χ2n) is 3.64. The van der Waals surface area contributed by atoms with Gasteiger partial charge >= 0.3 is 0 Å². The number of hydrogen-bond acceptors (Lipinski definition) is 6. The lowest BCUT2D eigenvalue weighted by Crippen LogP contribution is -2.07. The third-order valence-electron chi connectivity index (χ3n) is 2.40. The van der Waals surface area contributed by atoms with Crippen LogP contribution in [0.3, 0.4) is 0 Å². The summed E-state index contributed by atoms with van der Waals surface area (Å²) in [6.45, 7) is 5.03. The molecule has 2 aromatic rings. The first-order chi connectivity index (χ1) is 8.81. The molecule has 0 aliphatic heterocycles. The first kappa shape index (κ1) is 12.2. The number of anilines is 1. The van der Waals surface area contributed by atoms with Crippen LogP contribution in [0.25, 0.3) is 0 Å². The van der Waals surface area contributed by atoms with Gasteiger partial charge in [-0.25, -0.2) is 19.9 Å². The molecule has 6 nitrogen and oxygen atoms in total. The minimum atomic E-state index is 0.587. The summed E-state index contributed by atoms with van der Waals surface area (Å²) in [5.74, 6) is 1.37. The molecule has 2 rings (SSSR count). The van der Waals surface area contributed by atoms with Gasteiger partial charge in [0.05, 0.1) is 24.4 Å². The molecular formula is C12H15N5O. The summed E-state index contributed by atoms with van der Waals surface area (Å²) in [5.41, 5.74) is 1.80. The van der Waals surface area contributed by atoms with Crippen molar-refractivity contribution >= 4 is 5.82 Å². The molecule has 0 amide bonds. The van der Waals surface area contributed by atoms with Gasteiger partial charge in [-0.05, 0) is 19.9 Å². The molecule has 18 heavy (non-hydrogen) atoms. The van der Waals surface area contributed by atoms with Crippen LogP contribution in [0.5, 0.6) is 5.88 Å². The van der Waals surface area contributed by atoms with Crippen LogP contribution < -0.4 is 10.1 Å². The van der Waals surface area contributed by atoms with Crippen LogP contribution in [0, 0.1) is 6.92 Å². The molecule has 94 valence electrons. The molecule has 0 spiro atoms. The molecule has 0 unspecified atom stereocenters. The van der Waals surface area contributed by atoms with E-state index >= 15 is 0 Å². The van der Waals surface area contributed by atoms with Crippen LogP contribution in [0.2, 0.25) is 0 Å². The second kappa shape index (κ2) is 5.90. The second-order valence-corrected chi connectivity index (χ2v) is 3.64. The predicted octanol–water partition coefficient (Wildman–Crippen LogP) is 1.59. The summed E-state index contributed by atoms with van der Waals surface area (Å²) in [4.78, 5) is 16.3. The van der Waals surface area contributed by atoms with E-state index in [0.29, 0.717) is 19.0 Å². The van der Waals surface area contributed by atoms with Gasteiger partial charge in [-0.3, -0.25) is 0 Å². The highest BCUT2D eigenvalue weighted by Gasteiger charge is 2.07. The Morgan fingerprint density at radius 2 is 2.11 bits per heavy atom. The predicted molar refractivity (Wildman–Crippen MR) is 67.3 cm³/mol. The van der Waals surface area contributed by atoms with Crippen LogP contribution >= 0.6 is 0 Å². The highest BCUT2D eigenvalue weighted by Crippen LogP contribution is 2.20. The first-order valence-corrected chi connectivity index (χ1v) is 5.74. The molecule has 0 bridgehead atoms. The summed E-state index contributed by atoms with van der Waals surface area (Å²) < 4.78 is 5.41. The van der Waals surface area contributed by atoms with Gasteiger partial charge in [0.15, 0.2) is 0 Å². The fraction of sp³-hybridized carbons (Fsp3) is 0.333. The van der Waals surface area contributed by atoms with Crippen LogP contribution in [0.4, 0.5) is 5.82 Å². The standard InChI is InChI=1S/C12H15N5O/c1-3-18-12-9(2)11(16-8-17-12)14-6-10-4-5-13-7-15-10/h4-5,7-8H,3,6H2,1-2H3,(H,14,16,17). The van der Waals surface area contributed by atoms with Gasteiger partial charge < -0.3 is 10.1 Å². The number of rotatable bonds is 5. The van der Waals surface area contributed by atoms with Gasteiger partial charge in [-0.2, -0.15) is 0 Å². The first-order valence-electron chi connectivity index (χ1n) is 5.74. The minimum Gasteiger partial charge on any atom is -0.478 e. The third-order valence-corrected chi connectivity index (χ3v) is 2.40. The Balaban J connectivity index is 2.08. The Morgan fingerprint density at radius 1 is 1.22 bits per heavy atom. The van der Waals surface area contributed by atoms with Gasteiger partial charge in [-0.15, -0.1) is 0 Å². The van der Waals surface area contributed by atoms with E-state index in [0.717, 1.165) is 17.1 Å². The number of nitrogens with one attached hydrogen (secondary N) is 1. The fourth-order valence-electron chi connectivity index (χ4n) is 1.49. The molecule has 0 aromatic carbocycles. The molecule has 0 saturated carbocycles. The van der Waals surface area contributed by atoms with Crippen molar-refractivity contribution in [3.05, 3.63) is 36.2 Å². The molecule has 0 saturated heterocycles. The molecule has 0 radical (unpaired) electrons. The molecule has 6 heteroatoms. The van der Waals surface area contributed by atoms with E-state index in [9.17, 15) is 0 Å². The highest BCUT2D eigenvalue weighted by atomic mass is 16.5. The Labute approximate surface area is 105 Å². The van der Waals surface area contributed by atoms with Gasteiger partial charge in [0.1, 0.15) is 18.5 Å². The van der Waals surface area contributed by atoms with E-state index in [1.165, 1.54) is 12.7 Å². The van der Waals surface area contributed by atoms with Crippen LogP contribution in [0.15, 0.2) is 24.9 Å². The quantitative estimate of drug-likeness (QED) is 0.862. The zero-order valence-electron chi connectivity index (χ0n) is 10.4. The Kier molecular flexibility index (Phi) is 4.01. The van der Waals surface area contributed by atoms with Crippen molar-refractivity contribution in [2.24, 2.45) is 0 Å². The maximum atomic E-state index is 5.41.